The van der Waals surface area contributed by atoms with Crippen molar-refractivity contribution in [1.29, 1.82) is 0 Å². The van der Waals surface area contributed by atoms with Crippen molar-refractivity contribution in [3.05, 3.63) is 68.0 Å². The number of aliphatic hydroxyl groups is 1. The highest BCUT2D eigenvalue weighted by Gasteiger charge is 2.08. The number of hydrogen-bond donors (Lipinski definition) is 1. The number of benzene rings is 1. The van der Waals surface area contributed by atoms with Gasteiger partial charge in [-0.3, -0.25) is 0 Å². The molecular formula is C15H18FN5O. The first-order valence-corrected chi connectivity index (χ1v) is 6.51. The number of hydrogen-bond acceptors (Lipinski definition) is 4. The molecule has 1 heterocycles. The highest BCUT2D eigenvalue weighted by molar-refractivity contribution is 5.52. The van der Waals surface area contributed by atoms with E-state index in [-0.39, 0.29) is 6.61 Å². The minimum absolute atomic E-state index is 0.250. The SMILES string of the molecule is C=CN=NN(C=C)c1ccc(-n2cccn2)c(F)c1.CCO. The fourth-order valence-electron chi connectivity index (χ4n) is 1.52. The molecule has 0 aliphatic heterocycles. The molecule has 0 spiro atoms. The van der Waals surface area contributed by atoms with Gasteiger partial charge < -0.3 is 5.11 Å². The van der Waals surface area contributed by atoms with Gasteiger partial charge in [0, 0.05) is 37.5 Å². The fourth-order valence-corrected chi connectivity index (χ4v) is 1.52. The van der Waals surface area contributed by atoms with Gasteiger partial charge in [0.15, 0.2) is 5.82 Å². The van der Waals surface area contributed by atoms with Gasteiger partial charge in [-0.25, -0.2) is 14.1 Å². The molecule has 0 saturated heterocycles. The van der Waals surface area contributed by atoms with Gasteiger partial charge in [-0.05, 0) is 25.1 Å². The number of aromatic nitrogens is 2. The van der Waals surface area contributed by atoms with Crippen molar-refractivity contribution in [2.24, 2.45) is 10.3 Å². The zero-order valence-electron chi connectivity index (χ0n) is 12.3. The number of rotatable bonds is 5. The molecular weight excluding hydrogens is 285 g/mol. The van der Waals surface area contributed by atoms with Crippen molar-refractivity contribution < 1.29 is 9.50 Å². The van der Waals surface area contributed by atoms with Crippen LogP contribution in [0.2, 0.25) is 0 Å². The van der Waals surface area contributed by atoms with Crippen LogP contribution >= 0.6 is 0 Å². The monoisotopic (exact) mass is 303 g/mol. The average molecular weight is 303 g/mol. The first-order chi connectivity index (χ1) is 10.7. The van der Waals surface area contributed by atoms with E-state index < -0.39 is 5.82 Å². The van der Waals surface area contributed by atoms with Gasteiger partial charge in [-0.1, -0.05) is 18.4 Å². The Morgan fingerprint density at radius 1 is 1.45 bits per heavy atom. The van der Waals surface area contributed by atoms with Crippen molar-refractivity contribution in [2.75, 3.05) is 11.6 Å². The molecule has 0 saturated carbocycles. The number of nitrogens with zero attached hydrogens (tertiary/aromatic N) is 5. The minimum Gasteiger partial charge on any atom is -0.397 e. The lowest BCUT2D eigenvalue weighted by molar-refractivity contribution is 0.318. The Morgan fingerprint density at radius 3 is 2.68 bits per heavy atom. The van der Waals surface area contributed by atoms with Gasteiger partial charge in [0.2, 0.25) is 0 Å². The largest absolute Gasteiger partial charge is 0.397 e. The molecule has 1 aromatic carbocycles. The highest BCUT2D eigenvalue weighted by Crippen LogP contribution is 2.21. The lowest BCUT2D eigenvalue weighted by atomic mass is 10.2. The maximum atomic E-state index is 14.0. The molecule has 1 N–H and O–H groups in total. The lowest BCUT2D eigenvalue weighted by Gasteiger charge is -2.13. The molecule has 0 amide bonds. The smallest absolute Gasteiger partial charge is 0.151 e. The van der Waals surface area contributed by atoms with Crippen LogP contribution < -0.4 is 5.01 Å². The fraction of sp³-hybridized carbons (Fsp3) is 0.133. The molecule has 0 fully saturated rings. The normalized spacial score (nSPS) is 9.95. The first kappa shape index (κ1) is 17.3. The average Bonchev–Trinajstić information content (AvgIpc) is 3.03. The molecule has 116 valence electrons. The Bertz CT molecular complexity index is 625. The van der Waals surface area contributed by atoms with Gasteiger partial charge in [0.05, 0.1) is 5.69 Å². The van der Waals surface area contributed by atoms with Crippen LogP contribution in [0.1, 0.15) is 6.92 Å². The Labute approximate surface area is 128 Å². The molecule has 2 aromatic rings. The van der Waals surface area contributed by atoms with Crippen LogP contribution in [-0.4, -0.2) is 21.5 Å². The Balaban J connectivity index is 0.000000745. The predicted molar refractivity (Wildman–Crippen MR) is 84.0 cm³/mol. The summed E-state index contributed by atoms with van der Waals surface area (Å²) in [7, 11) is 0. The van der Waals surface area contributed by atoms with Crippen LogP contribution in [-0.2, 0) is 0 Å². The quantitative estimate of drug-likeness (QED) is 0.679. The van der Waals surface area contributed by atoms with Crippen LogP contribution in [0.15, 0.2) is 72.6 Å². The molecule has 0 aliphatic carbocycles. The first-order valence-electron chi connectivity index (χ1n) is 6.51. The third-order valence-electron chi connectivity index (χ3n) is 2.35. The maximum absolute atomic E-state index is 14.0. The summed E-state index contributed by atoms with van der Waals surface area (Å²) in [6.45, 7) is 8.94. The van der Waals surface area contributed by atoms with Gasteiger partial charge in [-0.15, -0.1) is 5.11 Å². The second kappa shape index (κ2) is 9.19. The Hall–Kier alpha value is -2.80. The highest BCUT2D eigenvalue weighted by atomic mass is 19.1. The third-order valence-corrected chi connectivity index (χ3v) is 2.35. The van der Waals surface area contributed by atoms with Gasteiger partial charge >= 0.3 is 0 Å². The van der Waals surface area contributed by atoms with E-state index in [1.54, 1.807) is 37.5 Å². The van der Waals surface area contributed by atoms with Gasteiger partial charge in [0.25, 0.3) is 0 Å². The number of anilines is 1. The summed E-state index contributed by atoms with van der Waals surface area (Å²) in [5, 5.41) is 20.3. The molecule has 0 aliphatic rings. The van der Waals surface area contributed by atoms with E-state index in [2.05, 4.69) is 28.6 Å². The second-order valence-electron chi connectivity index (χ2n) is 3.82. The van der Waals surface area contributed by atoms with Crippen LogP contribution in [0.5, 0.6) is 0 Å². The molecule has 0 atom stereocenters. The third kappa shape index (κ3) is 4.64. The molecule has 22 heavy (non-hydrogen) atoms. The molecule has 7 heteroatoms. The molecule has 0 radical (unpaired) electrons. The predicted octanol–water partition coefficient (Wildman–Crippen LogP) is 3.47. The van der Waals surface area contributed by atoms with E-state index in [1.165, 1.54) is 28.2 Å². The van der Waals surface area contributed by atoms with Crippen LogP contribution in [0.4, 0.5) is 10.1 Å². The summed E-state index contributed by atoms with van der Waals surface area (Å²) in [4.78, 5) is 0. The van der Waals surface area contributed by atoms with E-state index >= 15 is 0 Å². The van der Waals surface area contributed by atoms with E-state index in [1.807, 2.05) is 0 Å². The summed E-state index contributed by atoms with van der Waals surface area (Å²) in [6, 6.07) is 6.37. The van der Waals surface area contributed by atoms with Crippen LogP contribution in [0.3, 0.4) is 0 Å². The molecule has 0 unspecified atom stereocenters. The second-order valence-corrected chi connectivity index (χ2v) is 3.82. The number of halogens is 1. The van der Waals surface area contributed by atoms with Gasteiger partial charge in [0.1, 0.15) is 5.69 Å². The molecule has 6 nitrogen and oxygen atoms in total. The summed E-state index contributed by atoms with van der Waals surface area (Å²) < 4.78 is 15.5. The van der Waals surface area contributed by atoms with E-state index in [9.17, 15) is 4.39 Å². The molecule has 1 aromatic heterocycles. The van der Waals surface area contributed by atoms with E-state index in [0.717, 1.165) is 0 Å². The molecule has 0 bridgehead atoms. The van der Waals surface area contributed by atoms with Crippen molar-refractivity contribution in [3.8, 4) is 5.69 Å². The van der Waals surface area contributed by atoms with E-state index in [0.29, 0.717) is 11.4 Å². The van der Waals surface area contributed by atoms with Crippen LogP contribution in [0, 0.1) is 5.82 Å². The van der Waals surface area contributed by atoms with Crippen LogP contribution in [0.25, 0.3) is 5.69 Å². The Morgan fingerprint density at radius 2 is 2.18 bits per heavy atom. The van der Waals surface area contributed by atoms with Crippen molar-refractivity contribution in [1.82, 2.24) is 9.78 Å². The zero-order chi connectivity index (χ0) is 16.4. The lowest BCUT2D eigenvalue weighted by Crippen LogP contribution is -2.07. The number of aliphatic hydroxyl groups excluding tert-OH is 1. The summed E-state index contributed by atoms with van der Waals surface area (Å²) in [5.74, 6) is -0.415. The maximum Gasteiger partial charge on any atom is 0.151 e. The summed E-state index contributed by atoms with van der Waals surface area (Å²) >= 11 is 0. The zero-order valence-corrected chi connectivity index (χ0v) is 12.3. The van der Waals surface area contributed by atoms with Crippen molar-refractivity contribution in [3.63, 3.8) is 0 Å². The summed E-state index contributed by atoms with van der Waals surface area (Å²) in [5.41, 5.74) is 0.868. The molecule has 2 rings (SSSR count). The summed E-state index contributed by atoms with van der Waals surface area (Å²) in [6.07, 6.45) is 5.96. The Kier molecular flexibility index (Phi) is 7.21. The van der Waals surface area contributed by atoms with Crippen molar-refractivity contribution >= 4 is 5.69 Å². The van der Waals surface area contributed by atoms with Crippen molar-refractivity contribution in [2.45, 2.75) is 6.92 Å². The minimum atomic E-state index is -0.415. The standard InChI is InChI=1S/C13H12FN5.C2H6O/c1-3-15-17-18(4-2)11-6-7-13(12(14)10-11)19-9-5-8-16-19;1-2-3/h3-10H,1-2H2;3H,2H2,1H3. The van der Waals surface area contributed by atoms with E-state index in [4.69, 9.17) is 5.11 Å². The topological polar surface area (TPSA) is 66.0 Å². The van der Waals surface area contributed by atoms with Gasteiger partial charge in [-0.2, -0.15) is 5.10 Å².